The van der Waals surface area contributed by atoms with Crippen LogP contribution in [0.5, 0.6) is 0 Å². The van der Waals surface area contributed by atoms with Gasteiger partial charge < -0.3 is 5.43 Å². The summed E-state index contributed by atoms with van der Waals surface area (Å²) in [5.74, 6) is 0. The molecule has 0 aliphatic heterocycles. The molecule has 0 unspecified atom stereocenters. The summed E-state index contributed by atoms with van der Waals surface area (Å²) in [7, 11) is 0. The highest BCUT2D eigenvalue weighted by molar-refractivity contribution is 5.89. The zero-order valence-electron chi connectivity index (χ0n) is 8.77. The molecule has 1 saturated carbocycles. The molecule has 1 aliphatic carbocycles. The second-order valence-corrected chi connectivity index (χ2v) is 4.30. The maximum atomic E-state index is 4.42. The van der Waals surface area contributed by atoms with Crippen LogP contribution in [0.4, 0.5) is 0 Å². The average molecular weight is 180 g/mol. The van der Waals surface area contributed by atoms with Gasteiger partial charge in [-0.25, -0.2) is 0 Å². The molecule has 2 nitrogen and oxygen atoms in total. The molecule has 0 bridgehead atoms. The van der Waals surface area contributed by atoms with E-state index in [1.807, 2.05) is 6.08 Å². The van der Waals surface area contributed by atoms with Crippen molar-refractivity contribution in [3.63, 3.8) is 0 Å². The van der Waals surface area contributed by atoms with Crippen molar-refractivity contribution in [1.29, 1.82) is 0 Å². The van der Waals surface area contributed by atoms with Crippen molar-refractivity contribution >= 4 is 5.71 Å². The van der Waals surface area contributed by atoms with Gasteiger partial charge in [-0.05, 0) is 19.3 Å². The molecular formula is C11H20N2. The Balaban J connectivity index is 2.54. The lowest BCUT2D eigenvalue weighted by molar-refractivity contribution is 0.406. The van der Waals surface area contributed by atoms with Gasteiger partial charge in [-0.3, -0.25) is 0 Å². The van der Waals surface area contributed by atoms with Gasteiger partial charge in [0, 0.05) is 11.1 Å². The molecule has 74 valence electrons. The molecule has 0 aromatic heterocycles. The Bertz CT molecular complexity index is 204. The van der Waals surface area contributed by atoms with E-state index in [0.717, 1.165) is 13.0 Å². The number of rotatable bonds is 3. The van der Waals surface area contributed by atoms with Crippen molar-refractivity contribution in [1.82, 2.24) is 5.43 Å². The van der Waals surface area contributed by atoms with Gasteiger partial charge in [0.15, 0.2) is 0 Å². The zero-order valence-corrected chi connectivity index (χ0v) is 8.77. The molecule has 0 atom stereocenters. The van der Waals surface area contributed by atoms with Crippen molar-refractivity contribution in [2.75, 3.05) is 6.54 Å². The predicted molar refractivity (Wildman–Crippen MR) is 57.9 cm³/mol. The van der Waals surface area contributed by atoms with Crippen LogP contribution in [0.15, 0.2) is 17.8 Å². The van der Waals surface area contributed by atoms with Gasteiger partial charge >= 0.3 is 0 Å². The third-order valence-electron chi connectivity index (χ3n) is 2.70. The van der Waals surface area contributed by atoms with Crippen LogP contribution in [0.25, 0.3) is 0 Å². The van der Waals surface area contributed by atoms with Crippen LogP contribution in [0, 0.1) is 5.41 Å². The number of nitrogens with one attached hydrogen (secondary N) is 1. The Morgan fingerprint density at radius 1 is 1.54 bits per heavy atom. The van der Waals surface area contributed by atoms with Crippen LogP contribution in [-0.4, -0.2) is 12.3 Å². The van der Waals surface area contributed by atoms with E-state index < -0.39 is 0 Å². The third-order valence-corrected chi connectivity index (χ3v) is 2.70. The second-order valence-electron chi connectivity index (χ2n) is 4.30. The van der Waals surface area contributed by atoms with Gasteiger partial charge in [0.2, 0.25) is 0 Å². The summed E-state index contributed by atoms with van der Waals surface area (Å²) in [6, 6.07) is 0. The lowest BCUT2D eigenvalue weighted by Gasteiger charge is -2.31. The quantitative estimate of drug-likeness (QED) is 0.403. The summed E-state index contributed by atoms with van der Waals surface area (Å²) >= 11 is 0. The smallest absolute Gasteiger partial charge is 0.0507 e. The molecule has 0 saturated heterocycles. The standard InChI is InChI=1S/C11H20N2/c1-4-9-12-13-10-7-5-6-8-11(10,2)3/h4,12H,1,5-9H2,2-3H3/b13-10+. The van der Waals surface area contributed by atoms with Crippen LogP contribution >= 0.6 is 0 Å². The van der Waals surface area contributed by atoms with Gasteiger partial charge in [-0.1, -0.05) is 26.3 Å². The van der Waals surface area contributed by atoms with E-state index in [1.54, 1.807) is 0 Å². The average Bonchev–Trinajstić information content (AvgIpc) is 2.08. The van der Waals surface area contributed by atoms with Crippen LogP contribution in [0.2, 0.25) is 0 Å². The minimum Gasteiger partial charge on any atom is -0.306 e. The van der Waals surface area contributed by atoms with Gasteiger partial charge in [-0.2, -0.15) is 5.10 Å². The molecular weight excluding hydrogens is 160 g/mol. The Morgan fingerprint density at radius 2 is 2.31 bits per heavy atom. The zero-order chi connectivity index (χ0) is 9.73. The molecule has 2 heteroatoms. The van der Waals surface area contributed by atoms with E-state index in [4.69, 9.17) is 0 Å². The molecule has 0 heterocycles. The first-order chi connectivity index (χ1) is 6.17. The van der Waals surface area contributed by atoms with Gasteiger partial charge in [0.05, 0.1) is 6.54 Å². The van der Waals surface area contributed by atoms with Crippen LogP contribution < -0.4 is 5.43 Å². The maximum absolute atomic E-state index is 4.42. The van der Waals surface area contributed by atoms with Gasteiger partial charge in [0.1, 0.15) is 0 Å². The molecule has 0 radical (unpaired) electrons. The molecule has 0 aromatic carbocycles. The Labute approximate surface area is 81.1 Å². The molecule has 0 spiro atoms. The summed E-state index contributed by atoms with van der Waals surface area (Å²) < 4.78 is 0. The van der Waals surface area contributed by atoms with Crippen molar-refractivity contribution in [3.8, 4) is 0 Å². The summed E-state index contributed by atoms with van der Waals surface area (Å²) in [6.45, 7) is 8.97. The van der Waals surface area contributed by atoms with E-state index >= 15 is 0 Å². The largest absolute Gasteiger partial charge is 0.306 e. The fourth-order valence-corrected chi connectivity index (χ4v) is 1.75. The summed E-state index contributed by atoms with van der Waals surface area (Å²) in [4.78, 5) is 0. The maximum Gasteiger partial charge on any atom is 0.0507 e. The first-order valence-corrected chi connectivity index (χ1v) is 5.07. The minimum absolute atomic E-state index is 0.298. The van der Waals surface area contributed by atoms with Crippen molar-refractivity contribution in [3.05, 3.63) is 12.7 Å². The molecule has 13 heavy (non-hydrogen) atoms. The highest BCUT2D eigenvalue weighted by Crippen LogP contribution is 2.32. The fourth-order valence-electron chi connectivity index (χ4n) is 1.75. The van der Waals surface area contributed by atoms with Gasteiger partial charge in [0.25, 0.3) is 0 Å². The highest BCUT2D eigenvalue weighted by atomic mass is 15.3. The predicted octanol–water partition coefficient (Wildman–Crippen LogP) is 2.72. The topological polar surface area (TPSA) is 24.4 Å². The Kier molecular flexibility index (Phi) is 3.52. The van der Waals surface area contributed by atoms with Crippen LogP contribution in [-0.2, 0) is 0 Å². The minimum atomic E-state index is 0.298. The third kappa shape index (κ3) is 2.87. The van der Waals surface area contributed by atoms with E-state index in [2.05, 4.69) is 31.0 Å². The summed E-state index contributed by atoms with van der Waals surface area (Å²) in [5, 5.41) is 4.42. The molecule has 1 aliphatic rings. The summed E-state index contributed by atoms with van der Waals surface area (Å²) in [5.41, 5.74) is 4.65. The fraction of sp³-hybridized carbons (Fsp3) is 0.727. The number of hydrazone groups is 1. The number of hydrogen-bond acceptors (Lipinski definition) is 2. The second kappa shape index (κ2) is 4.45. The molecule has 1 fully saturated rings. The van der Waals surface area contributed by atoms with Crippen molar-refractivity contribution in [2.45, 2.75) is 39.5 Å². The van der Waals surface area contributed by atoms with Gasteiger partial charge in [-0.15, -0.1) is 6.58 Å². The van der Waals surface area contributed by atoms with Crippen LogP contribution in [0.1, 0.15) is 39.5 Å². The molecule has 1 N–H and O–H groups in total. The molecule has 0 amide bonds. The van der Waals surface area contributed by atoms with E-state index in [1.165, 1.54) is 25.0 Å². The van der Waals surface area contributed by atoms with Crippen LogP contribution in [0.3, 0.4) is 0 Å². The van der Waals surface area contributed by atoms with E-state index in [-0.39, 0.29) is 0 Å². The SMILES string of the molecule is C=CCN/N=C1\CCCCC1(C)C. The number of nitrogens with zero attached hydrogens (tertiary/aromatic N) is 1. The van der Waals surface area contributed by atoms with E-state index in [0.29, 0.717) is 5.41 Å². The Morgan fingerprint density at radius 3 is 2.92 bits per heavy atom. The Hall–Kier alpha value is -0.790. The van der Waals surface area contributed by atoms with Crippen molar-refractivity contribution in [2.24, 2.45) is 10.5 Å². The van der Waals surface area contributed by atoms with Crippen molar-refractivity contribution < 1.29 is 0 Å². The monoisotopic (exact) mass is 180 g/mol. The van der Waals surface area contributed by atoms with E-state index in [9.17, 15) is 0 Å². The lowest BCUT2D eigenvalue weighted by atomic mass is 9.76. The first kappa shape index (κ1) is 10.3. The molecule has 1 rings (SSSR count). The normalized spacial score (nSPS) is 24.3. The lowest BCUT2D eigenvalue weighted by Crippen LogP contribution is -2.30. The molecule has 0 aromatic rings. The summed E-state index contributed by atoms with van der Waals surface area (Å²) in [6.07, 6.45) is 6.88. The first-order valence-electron chi connectivity index (χ1n) is 5.07. The highest BCUT2D eigenvalue weighted by Gasteiger charge is 2.27. The number of hydrogen-bond donors (Lipinski definition) is 1.